The molecule has 0 aliphatic carbocycles. The summed E-state index contributed by atoms with van der Waals surface area (Å²) in [5.74, 6) is 0.114. The maximum absolute atomic E-state index is 12.4. The molecule has 1 N–H and O–H groups in total. The molecule has 1 amide bonds. The first-order valence-electron chi connectivity index (χ1n) is 6.94. The van der Waals surface area contributed by atoms with E-state index >= 15 is 0 Å². The van der Waals surface area contributed by atoms with Crippen LogP contribution >= 0.6 is 24.0 Å². The molecule has 2 aliphatic heterocycles. The fourth-order valence-electron chi connectivity index (χ4n) is 3.21. The summed E-state index contributed by atoms with van der Waals surface area (Å²) < 4.78 is 0. The van der Waals surface area contributed by atoms with E-state index in [-0.39, 0.29) is 18.3 Å². The van der Waals surface area contributed by atoms with Crippen LogP contribution in [0.3, 0.4) is 0 Å². The molecule has 3 nitrogen and oxygen atoms in total. The molecule has 0 aromatic heterocycles. The zero-order chi connectivity index (χ0) is 13.3. The van der Waals surface area contributed by atoms with Crippen LogP contribution in [0.2, 0.25) is 5.02 Å². The predicted molar refractivity (Wildman–Crippen MR) is 83.8 cm³/mol. The van der Waals surface area contributed by atoms with Gasteiger partial charge in [0.15, 0.2) is 0 Å². The van der Waals surface area contributed by atoms with Crippen molar-refractivity contribution in [2.24, 2.45) is 5.41 Å². The van der Waals surface area contributed by atoms with E-state index < -0.39 is 0 Å². The molecule has 5 heteroatoms. The second kappa shape index (κ2) is 6.33. The third-order valence-electron chi connectivity index (χ3n) is 4.51. The highest BCUT2D eigenvalue weighted by molar-refractivity contribution is 6.30. The van der Waals surface area contributed by atoms with Crippen LogP contribution in [0.4, 0.5) is 0 Å². The average molecular weight is 315 g/mol. The molecule has 0 unspecified atom stereocenters. The minimum Gasteiger partial charge on any atom is -0.339 e. The molecule has 0 saturated carbocycles. The maximum atomic E-state index is 12.4. The van der Waals surface area contributed by atoms with Crippen LogP contribution in [-0.2, 0) is 0 Å². The highest BCUT2D eigenvalue weighted by atomic mass is 35.5. The lowest BCUT2D eigenvalue weighted by Gasteiger charge is -2.38. The first kappa shape index (κ1) is 15.6. The number of rotatable bonds is 1. The van der Waals surface area contributed by atoms with Crippen molar-refractivity contribution in [3.63, 3.8) is 0 Å². The molecular formula is C15H20Cl2N2O. The second-order valence-electron chi connectivity index (χ2n) is 5.73. The summed E-state index contributed by atoms with van der Waals surface area (Å²) in [6.45, 7) is 3.98. The van der Waals surface area contributed by atoms with E-state index in [1.54, 1.807) is 12.1 Å². The van der Waals surface area contributed by atoms with Crippen LogP contribution in [0, 0.1) is 5.41 Å². The number of nitrogens with zero attached hydrogens (tertiary/aromatic N) is 1. The van der Waals surface area contributed by atoms with Gasteiger partial charge < -0.3 is 10.2 Å². The van der Waals surface area contributed by atoms with E-state index in [1.807, 2.05) is 17.0 Å². The number of hydrogen-bond donors (Lipinski definition) is 1. The lowest BCUT2D eigenvalue weighted by molar-refractivity contribution is 0.0607. The molecule has 1 aromatic carbocycles. The summed E-state index contributed by atoms with van der Waals surface area (Å²) in [4.78, 5) is 14.4. The molecule has 110 valence electrons. The fourth-order valence-corrected chi connectivity index (χ4v) is 3.40. The van der Waals surface area contributed by atoms with Crippen molar-refractivity contribution < 1.29 is 4.79 Å². The van der Waals surface area contributed by atoms with Crippen LogP contribution < -0.4 is 5.32 Å². The minimum absolute atomic E-state index is 0. The number of piperidine rings is 1. The maximum Gasteiger partial charge on any atom is 0.253 e. The lowest BCUT2D eigenvalue weighted by atomic mass is 9.78. The number of benzene rings is 1. The zero-order valence-corrected chi connectivity index (χ0v) is 13.0. The van der Waals surface area contributed by atoms with Gasteiger partial charge in [-0.2, -0.15) is 0 Å². The lowest BCUT2D eigenvalue weighted by Crippen LogP contribution is -2.44. The van der Waals surface area contributed by atoms with Crippen LogP contribution in [0.1, 0.15) is 29.6 Å². The van der Waals surface area contributed by atoms with Gasteiger partial charge in [-0.05, 0) is 49.4 Å². The number of carbonyl (C=O) groups is 1. The van der Waals surface area contributed by atoms with Crippen LogP contribution in [0.5, 0.6) is 0 Å². The third kappa shape index (κ3) is 3.11. The number of amides is 1. The van der Waals surface area contributed by atoms with Gasteiger partial charge in [-0.25, -0.2) is 0 Å². The molecule has 1 spiro atoms. The summed E-state index contributed by atoms with van der Waals surface area (Å²) >= 11 is 5.95. The van der Waals surface area contributed by atoms with E-state index in [4.69, 9.17) is 11.6 Å². The molecular weight excluding hydrogens is 295 g/mol. The van der Waals surface area contributed by atoms with Gasteiger partial charge in [0.05, 0.1) is 0 Å². The number of nitrogens with one attached hydrogen (secondary N) is 1. The van der Waals surface area contributed by atoms with E-state index in [1.165, 1.54) is 6.42 Å². The number of likely N-dealkylation sites (tertiary alicyclic amines) is 1. The summed E-state index contributed by atoms with van der Waals surface area (Å²) in [7, 11) is 0. The Balaban J connectivity index is 0.00000147. The van der Waals surface area contributed by atoms with Crippen molar-refractivity contribution in [1.82, 2.24) is 10.2 Å². The van der Waals surface area contributed by atoms with E-state index in [0.29, 0.717) is 16.0 Å². The monoisotopic (exact) mass is 314 g/mol. The normalized spacial score (nSPS) is 20.8. The van der Waals surface area contributed by atoms with E-state index in [2.05, 4.69) is 5.32 Å². The SMILES string of the molecule is Cl.O=C(c1cccc(Cl)c1)N1CCC2(CCNC2)CC1. The third-order valence-corrected chi connectivity index (χ3v) is 4.75. The van der Waals surface area contributed by atoms with Gasteiger partial charge in [0.25, 0.3) is 5.91 Å². The van der Waals surface area contributed by atoms with Crippen molar-refractivity contribution in [2.75, 3.05) is 26.2 Å². The smallest absolute Gasteiger partial charge is 0.253 e. The molecule has 0 bridgehead atoms. The molecule has 0 atom stereocenters. The molecule has 2 fully saturated rings. The van der Waals surface area contributed by atoms with E-state index in [0.717, 1.165) is 39.0 Å². The Kier molecular flexibility index (Phi) is 4.95. The first-order chi connectivity index (χ1) is 9.19. The van der Waals surface area contributed by atoms with Crippen LogP contribution in [0.25, 0.3) is 0 Å². The van der Waals surface area contributed by atoms with Gasteiger partial charge in [0, 0.05) is 30.2 Å². The van der Waals surface area contributed by atoms with Crippen molar-refractivity contribution in [1.29, 1.82) is 0 Å². The molecule has 2 aliphatic rings. The molecule has 0 radical (unpaired) electrons. The zero-order valence-electron chi connectivity index (χ0n) is 11.4. The van der Waals surface area contributed by atoms with Gasteiger partial charge in [0.2, 0.25) is 0 Å². The van der Waals surface area contributed by atoms with Crippen molar-refractivity contribution in [2.45, 2.75) is 19.3 Å². The molecule has 1 aromatic rings. The van der Waals surface area contributed by atoms with Crippen molar-refractivity contribution in [3.8, 4) is 0 Å². The Morgan fingerprint density at radius 2 is 2.00 bits per heavy atom. The van der Waals surface area contributed by atoms with Crippen LogP contribution in [-0.4, -0.2) is 37.0 Å². The topological polar surface area (TPSA) is 32.3 Å². The van der Waals surface area contributed by atoms with Gasteiger partial charge >= 0.3 is 0 Å². The van der Waals surface area contributed by atoms with Gasteiger partial charge in [0.1, 0.15) is 0 Å². The summed E-state index contributed by atoms with van der Waals surface area (Å²) in [6, 6.07) is 7.23. The Bertz CT molecular complexity index is 477. The number of halogens is 2. The summed E-state index contributed by atoms with van der Waals surface area (Å²) in [6.07, 6.45) is 3.49. The molecule has 20 heavy (non-hydrogen) atoms. The highest BCUT2D eigenvalue weighted by Gasteiger charge is 2.38. The number of hydrogen-bond acceptors (Lipinski definition) is 2. The Morgan fingerprint density at radius 1 is 1.25 bits per heavy atom. The second-order valence-corrected chi connectivity index (χ2v) is 6.17. The average Bonchev–Trinajstić information content (AvgIpc) is 2.87. The quantitative estimate of drug-likeness (QED) is 0.864. The fraction of sp³-hybridized carbons (Fsp3) is 0.533. The highest BCUT2D eigenvalue weighted by Crippen LogP contribution is 2.37. The molecule has 2 heterocycles. The van der Waals surface area contributed by atoms with Crippen LogP contribution in [0.15, 0.2) is 24.3 Å². The Morgan fingerprint density at radius 3 is 2.60 bits per heavy atom. The standard InChI is InChI=1S/C15H19ClN2O.ClH/c16-13-3-1-2-12(10-13)14(19)18-8-5-15(6-9-18)4-7-17-11-15;/h1-3,10,17H,4-9,11H2;1H. The van der Waals surface area contributed by atoms with E-state index in [9.17, 15) is 4.79 Å². The van der Waals surface area contributed by atoms with Gasteiger partial charge in [-0.3, -0.25) is 4.79 Å². The molecule has 2 saturated heterocycles. The summed E-state index contributed by atoms with van der Waals surface area (Å²) in [5.41, 5.74) is 1.15. The predicted octanol–water partition coefficient (Wildman–Crippen LogP) is 2.98. The van der Waals surface area contributed by atoms with Gasteiger partial charge in [-0.15, -0.1) is 12.4 Å². The van der Waals surface area contributed by atoms with Crippen molar-refractivity contribution in [3.05, 3.63) is 34.9 Å². The largest absolute Gasteiger partial charge is 0.339 e. The number of carbonyl (C=O) groups excluding carboxylic acids is 1. The van der Waals surface area contributed by atoms with Gasteiger partial charge in [-0.1, -0.05) is 17.7 Å². The first-order valence-corrected chi connectivity index (χ1v) is 7.32. The Hall–Kier alpha value is -0.770. The summed E-state index contributed by atoms with van der Waals surface area (Å²) in [5, 5.41) is 4.07. The van der Waals surface area contributed by atoms with Crippen molar-refractivity contribution >= 4 is 29.9 Å². The minimum atomic E-state index is 0. The Labute approximate surface area is 131 Å². The molecule has 3 rings (SSSR count).